The van der Waals surface area contributed by atoms with Crippen LogP contribution in [-0.4, -0.2) is 23.1 Å². The lowest BCUT2D eigenvalue weighted by Gasteiger charge is -2.17. The van der Waals surface area contributed by atoms with E-state index in [0.717, 1.165) is 22.6 Å². The van der Waals surface area contributed by atoms with Crippen LogP contribution in [0.2, 0.25) is 0 Å². The van der Waals surface area contributed by atoms with Crippen LogP contribution in [0, 0.1) is 19.7 Å². The van der Waals surface area contributed by atoms with Crippen LogP contribution >= 0.6 is 0 Å². The Balaban J connectivity index is 1.84. The van der Waals surface area contributed by atoms with Crippen LogP contribution in [0.25, 0.3) is 11.8 Å². The van der Waals surface area contributed by atoms with E-state index in [-0.39, 0.29) is 29.5 Å². The molecule has 2 heterocycles. The Labute approximate surface area is 192 Å². The molecule has 33 heavy (non-hydrogen) atoms. The number of carbonyl (C=O) groups excluding carboxylic acids is 2. The number of aromatic nitrogens is 1. The predicted octanol–water partition coefficient (Wildman–Crippen LogP) is 5.50. The molecule has 168 valence electrons. The molecule has 0 spiro atoms. The Morgan fingerprint density at radius 2 is 1.67 bits per heavy atom. The zero-order valence-corrected chi connectivity index (χ0v) is 19.1. The maximum absolute atomic E-state index is 13.5. The molecule has 2 aromatic carbocycles. The minimum atomic E-state index is -0.527. The Hall–Kier alpha value is -3.93. The van der Waals surface area contributed by atoms with Crippen molar-refractivity contribution in [2.45, 2.75) is 27.7 Å². The second-order valence-corrected chi connectivity index (χ2v) is 7.85. The molecule has 0 saturated carbocycles. The third kappa shape index (κ3) is 4.00. The van der Waals surface area contributed by atoms with E-state index < -0.39 is 5.97 Å². The molecule has 0 atom stereocenters. The van der Waals surface area contributed by atoms with Gasteiger partial charge in [-0.05, 0) is 81.8 Å². The first-order chi connectivity index (χ1) is 15.8. The van der Waals surface area contributed by atoms with Gasteiger partial charge in [-0.2, -0.15) is 0 Å². The number of hydrogen-bond donors (Lipinski definition) is 0. The van der Waals surface area contributed by atoms with E-state index in [4.69, 9.17) is 4.74 Å². The van der Waals surface area contributed by atoms with E-state index in [1.165, 1.54) is 17.0 Å². The zero-order chi connectivity index (χ0) is 23.7. The molecule has 0 aliphatic carbocycles. The van der Waals surface area contributed by atoms with Gasteiger partial charge in [0.25, 0.3) is 5.91 Å². The van der Waals surface area contributed by atoms with Crippen molar-refractivity contribution in [1.29, 1.82) is 0 Å². The molecule has 0 fully saturated rings. The summed E-state index contributed by atoms with van der Waals surface area (Å²) in [6.45, 7) is 7.57. The second-order valence-electron chi connectivity index (χ2n) is 7.85. The molecule has 4 rings (SSSR count). The smallest absolute Gasteiger partial charge is 0.340 e. The molecule has 1 aliphatic heterocycles. The number of para-hydroxylation sites is 1. The van der Waals surface area contributed by atoms with Gasteiger partial charge in [0.15, 0.2) is 0 Å². The largest absolute Gasteiger partial charge is 0.462 e. The van der Waals surface area contributed by atoms with E-state index in [0.29, 0.717) is 11.4 Å². The van der Waals surface area contributed by atoms with Crippen molar-refractivity contribution in [3.8, 4) is 5.69 Å². The van der Waals surface area contributed by atoms with Gasteiger partial charge in [0.2, 0.25) is 0 Å². The van der Waals surface area contributed by atoms with E-state index in [1.54, 1.807) is 32.1 Å². The first-order valence-electron chi connectivity index (χ1n) is 10.8. The summed E-state index contributed by atoms with van der Waals surface area (Å²) in [6.07, 6.45) is 1.74. The minimum absolute atomic E-state index is 0.210. The number of hydrogen-bond acceptors (Lipinski definition) is 3. The third-order valence-corrected chi connectivity index (χ3v) is 5.75. The normalized spacial score (nSPS) is 15.0. The van der Waals surface area contributed by atoms with Gasteiger partial charge in [-0.15, -0.1) is 0 Å². The van der Waals surface area contributed by atoms with Crippen LogP contribution in [0.15, 0.2) is 77.5 Å². The number of amides is 1. The number of rotatable bonds is 5. The van der Waals surface area contributed by atoms with Crippen LogP contribution in [-0.2, 0) is 14.3 Å². The predicted molar refractivity (Wildman–Crippen MR) is 126 cm³/mol. The van der Waals surface area contributed by atoms with Crippen LogP contribution in [0.3, 0.4) is 0 Å². The summed E-state index contributed by atoms with van der Waals surface area (Å²) in [5.41, 5.74) is 5.17. The highest BCUT2D eigenvalue weighted by atomic mass is 19.1. The number of aryl methyl sites for hydroxylation is 1. The summed E-state index contributed by atoms with van der Waals surface area (Å²) in [6, 6.07) is 17.4. The lowest BCUT2D eigenvalue weighted by Crippen LogP contribution is -2.24. The van der Waals surface area contributed by atoms with Gasteiger partial charge < -0.3 is 9.30 Å². The molecule has 3 aromatic rings. The molecular weight excluding hydrogens is 419 g/mol. The van der Waals surface area contributed by atoms with Crippen LogP contribution in [0.1, 0.15) is 30.8 Å². The maximum Gasteiger partial charge on any atom is 0.340 e. The molecule has 1 amide bonds. The topological polar surface area (TPSA) is 51.5 Å². The van der Waals surface area contributed by atoms with Crippen molar-refractivity contribution in [1.82, 2.24) is 4.57 Å². The number of benzene rings is 2. The molecule has 0 saturated heterocycles. The van der Waals surface area contributed by atoms with E-state index in [1.807, 2.05) is 54.8 Å². The van der Waals surface area contributed by atoms with Crippen molar-refractivity contribution in [2.75, 3.05) is 11.5 Å². The van der Waals surface area contributed by atoms with Crippen molar-refractivity contribution in [3.63, 3.8) is 0 Å². The van der Waals surface area contributed by atoms with Gasteiger partial charge in [-0.3, -0.25) is 9.69 Å². The number of nitrogens with zero attached hydrogens (tertiary/aromatic N) is 2. The molecule has 0 N–H and O–H groups in total. The fourth-order valence-corrected chi connectivity index (χ4v) is 4.25. The monoisotopic (exact) mass is 444 g/mol. The molecule has 5 nitrogen and oxygen atoms in total. The van der Waals surface area contributed by atoms with Crippen LogP contribution in [0.5, 0.6) is 0 Å². The van der Waals surface area contributed by atoms with Crippen LogP contribution in [0.4, 0.5) is 10.1 Å². The van der Waals surface area contributed by atoms with E-state index >= 15 is 0 Å². The molecule has 1 aromatic heterocycles. The number of anilines is 1. The highest BCUT2D eigenvalue weighted by molar-refractivity contribution is 6.23. The highest BCUT2D eigenvalue weighted by Crippen LogP contribution is 2.36. The van der Waals surface area contributed by atoms with Gasteiger partial charge in [0.1, 0.15) is 5.82 Å². The Morgan fingerprint density at radius 3 is 2.30 bits per heavy atom. The summed E-state index contributed by atoms with van der Waals surface area (Å²) in [5.74, 6) is -1.12. The number of esters is 1. The number of ether oxygens (including phenoxy) is 1. The minimum Gasteiger partial charge on any atom is -0.462 e. The fraction of sp³-hybridized carbons (Fsp3) is 0.185. The Morgan fingerprint density at radius 1 is 1.00 bits per heavy atom. The molecule has 0 radical (unpaired) electrons. The molecular formula is C27H25FN2O3. The summed E-state index contributed by atoms with van der Waals surface area (Å²) in [7, 11) is 0. The molecule has 0 bridgehead atoms. The molecule has 1 aliphatic rings. The third-order valence-electron chi connectivity index (χ3n) is 5.75. The number of allylic oxidation sites excluding steroid dienone is 1. The SMILES string of the molecule is CCOC(=O)C1=C(C)N(c2ccccc2)C(=O)/C1=C\c1cc(C)n(-c2ccc(F)cc2)c1C. The fourth-order valence-electron chi connectivity index (χ4n) is 4.25. The summed E-state index contributed by atoms with van der Waals surface area (Å²) in [5, 5.41) is 0. The van der Waals surface area contributed by atoms with Gasteiger partial charge in [-0.1, -0.05) is 18.2 Å². The lowest BCUT2D eigenvalue weighted by atomic mass is 10.0. The van der Waals surface area contributed by atoms with E-state index in [2.05, 4.69) is 0 Å². The van der Waals surface area contributed by atoms with Crippen molar-refractivity contribution < 1.29 is 18.7 Å². The summed E-state index contributed by atoms with van der Waals surface area (Å²) >= 11 is 0. The average molecular weight is 445 g/mol. The standard InChI is InChI=1S/C27H25FN2O3/c1-5-33-27(32)25-19(4)30(22-9-7-6-8-10-22)26(31)24(25)16-20-15-17(2)29(18(20)3)23-13-11-21(28)12-14-23/h6-16H,5H2,1-4H3/b24-16-. The van der Waals surface area contributed by atoms with Crippen molar-refractivity contribution in [2.24, 2.45) is 0 Å². The zero-order valence-electron chi connectivity index (χ0n) is 19.1. The highest BCUT2D eigenvalue weighted by Gasteiger charge is 2.38. The summed E-state index contributed by atoms with van der Waals surface area (Å²) < 4.78 is 20.7. The van der Waals surface area contributed by atoms with Crippen molar-refractivity contribution >= 4 is 23.6 Å². The van der Waals surface area contributed by atoms with Crippen molar-refractivity contribution in [3.05, 3.63) is 100 Å². The van der Waals surface area contributed by atoms with Gasteiger partial charge in [0, 0.05) is 28.5 Å². The maximum atomic E-state index is 13.5. The van der Waals surface area contributed by atoms with Gasteiger partial charge in [0.05, 0.1) is 17.8 Å². The Kier molecular flexibility index (Phi) is 6.01. The van der Waals surface area contributed by atoms with Crippen LogP contribution < -0.4 is 4.90 Å². The van der Waals surface area contributed by atoms with Gasteiger partial charge >= 0.3 is 5.97 Å². The first kappa shape index (κ1) is 22.3. The second kappa shape index (κ2) is 8.90. The average Bonchev–Trinajstić information content (AvgIpc) is 3.21. The number of carbonyl (C=O) groups is 2. The first-order valence-corrected chi connectivity index (χ1v) is 10.8. The lowest BCUT2D eigenvalue weighted by molar-refractivity contribution is -0.138. The molecule has 0 unspecified atom stereocenters. The Bertz CT molecular complexity index is 1280. The molecule has 6 heteroatoms. The number of halogens is 1. The quantitative estimate of drug-likeness (QED) is 0.386. The van der Waals surface area contributed by atoms with Gasteiger partial charge in [-0.25, -0.2) is 9.18 Å². The van der Waals surface area contributed by atoms with E-state index in [9.17, 15) is 14.0 Å². The summed E-state index contributed by atoms with van der Waals surface area (Å²) in [4.78, 5) is 27.9.